The first-order valence-corrected chi connectivity index (χ1v) is 11.2. The fraction of sp³-hybridized carbons (Fsp3) is 0.696. The molecule has 8 atom stereocenters. The molecule has 0 N–H and O–H groups in total. The van der Waals surface area contributed by atoms with Gasteiger partial charge in [0.2, 0.25) is 12.1 Å². The van der Waals surface area contributed by atoms with Gasteiger partial charge in [-0.15, -0.1) is 11.6 Å². The number of halogens is 1. The Morgan fingerprint density at radius 3 is 2.70 bits per heavy atom. The number of carbonyl (C=O) groups is 1. The molecule has 1 aromatic rings. The monoisotopic (exact) mass is 436 g/mol. The first-order valence-electron chi connectivity index (χ1n) is 10.9. The number of alkyl halides is 1. The number of hydrogen-bond donors (Lipinski definition) is 0. The van der Waals surface area contributed by atoms with Crippen molar-refractivity contribution in [3.05, 3.63) is 35.9 Å². The molecule has 4 aliphatic heterocycles. The summed E-state index contributed by atoms with van der Waals surface area (Å²) in [6.07, 6.45) is 2.01. The number of rotatable bonds is 3. The molecule has 30 heavy (non-hydrogen) atoms. The summed E-state index contributed by atoms with van der Waals surface area (Å²) in [5.41, 5.74) is 0.0820. The van der Waals surface area contributed by atoms with Crippen LogP contribution < -0.4 is 0 Å². The molecular formula is C23H29ClO6. The molecule has 4 heterocycles. The molecule has 1 aliphatic carbocycles. The fourth-order valence-electron chi connectivity index (χ4n) is 5.92. The van der Waals surface area contributed by atoms with Crippen LogP contribution in [0.25, 0.3) is 0 Å². The van der Waals surface area contributed by atoms with Gasteiger partial charge in [0, 0.05) is 12.3 Å². The molecule has 1 aromatic carbocycles. The molecule has 6 unspecified atom stereocenters. The molecular weight excluding hydrogens is 408 g/mol. The lowest BCUT2D eigenvalue weighted by Gasteiger charge is -2.62. The summed E-state index contributed by atoms with van der Waals surface area (Å²) in [6, 6.07) is 9.49. The van der Waals surface area contributed by atoms with Crippen molar-refractivity contribution < 1.29 is 28.8 Å². The summed E-state index contributed by atoms with van der Waals surface area (Å²) >= 11 is 7.10. The molecule has 1 spiro atoms. The van der Waals surface area contributed by atoms with E-state index in [4.69, 9.17) is 35.6 Å². The maximum atomic E-state index is 12.7. The second kappa shape index (κ2) is 7.17. The van der Waals surface area contributed by atoms with Crippen LogP contribution in [0.5, 0.6) is 0 Å². The van der Waals surface area contributed by atoms with Gasteiger partial charge in [0.1, 0.15) is 4.87 Å². The molecule has 0 amide bonds. The van der Waals surface area contributed by atoms with Crippen LogP contribution in [-0.2, 0) is 35.2 Å². The van der Waals surface area contributed by atoms with Gasteiger partial charge in [-0.3, -0.25) is 4.79 Å². The third-order valence-electron chi connectivity index (χ3n) is 7.54. The number of fused-ring (bicyclic) bond motifs is 2. The molecule has 164 valence electrons. The van der Waals surface area contributed by atoms with Gasteiger partial charge in [0.25, 0.3) is 0 Å². The molecule has 5 aliphatic rings. The second-order valence-corrected chi connectivity index (χ2v) is 10.4. The Bertz CT molecular complexity index is 815. The van der Waals surface area contributed by atoms with Crippen LogP contribution in [0.2, 0.25) is 0 Å². The number of ether oxygens (including phenoxy) is 3. The molecule has 6 rings (SSSR count). The van der Waals surface area contributed by atoms with Crippen molar-refractivity contribution in [3.63, 3.8) is 0 Å². The molecule has 4 saturated heterocycles. The predicted molar refractivity (Wildman–Crippen MR) is 108 cm³/mol. The summed E-state index contributed by atoms with van der Waals surface area (Å²) in [4.78, 5) is 23.6. The van der Waals surface area contributed by atoms with E-state index in [1.165, 1.54) is 0 Å². The van der Waals surface area contributed by atoms with E-state index >= 15 is 0 Å². The summed E-state index contributed by atoms with van der Waals surface area (Å²) in [7, 11) is 0. The van der Waals surface area contributed by atoms with E-state index in [0.717, 1.165) is 24.8 Å². The lowest BCUT2D eigenvalue weighted by atomic mass is 9.58. The van der Waals surface area contributed by atoms with Crippen LogP contribution in [0.4, 0.5) is 0 Å². The highest BCUT2D eigenvalue weighted by atomic mass is 35.5. The molecule has 5 fully saturated rings. The highest BCUT2D eigenvalue weighted by Crippen LogP contribution is 2.62. The van der Waals surface area contributed by atoms with Crippen molar-refractivity contribution in [2.24, 2.45) is 17.8 Å². The molecule has 2 bridgehead atoms. The van der Waals surface area contributed by atoms with E-state index < -0.39 is 28.8 Å². The topological polar surface area (TPSA) is 63.2 Å². The zero-order valence-corrected chi connectivity index (χ0v) is 18.4. The minimum atomic E-state index is -0.966. The number of benzene rings is 1. The van der Waals surface area contributed by atoms with E-state index in [9.17, 15) is 4.79 Å². The molecule has 0 aromatic heterocycles. The summed E-state index contributed by atoms with van der Waals surface area (Å²) in [5, 5.41) is 0. The first kappa shape index (κ1) is 20.7. The standard InChI is InChI=1S/C23H29ClO6/c1-14-9-10-17-22(3,24)19(26-18(25)13-15-7-5-4-6-8-15)27-20-23(17)16(14)11-12-21(2,28-20)29-30-23/h4-8,14,16-17,19-20H,9-13H2,1-3H3/t14-,16?,17?,19?,20?,21+,22?,23?/m1/s1. The van der Waals surface area contributed by atoms with Gasteiger partial charge in [-0.05, 0) is 50.5 Å². The predicted octanol–water partition coefficient (Wildman–Crippen LogP) is 4.34. The lowest BCUT2D eigenvalue weighted by molar-refractivity contribution is -0.574. The van der Waals surface area contributed by atoms with Crippen LogP contribution in [-0.4, -0.2) is 34.8 Å². The molecule has 0 radical (unpaired) electrons. The first-order chi connectivity index (χ1) is 14.2. The molecule has 7 heteroatoms. The second-order valence-electron chi connectivity index (χ2n) is 9.63. The van der Waals surface area contributed by atoms with Crippen molar-refractivity contribution in [2.45, 2.75) is 81.7 Å². The van der Waals surface area contributed by atoms with Crippen molar-refractivity contribution in [3.8, 4) is 0 Å². The van der Waals surface area contributed by atoms with E-state index in [0.29, 0.717) is 12.3 Å². The summed E-state index contributed by atoms with van der Waals surface area (Å²) in [5.74, 6) is -0.758. The van der Waals surface area contributed by atoms with Gasteiger partial charge < -0.3 is 14.2 Å². The zero-order valence-electron chi connectivity index (χ0n) is 17.6. The van der Waals surface area contributed by atoms with Crippen molar-refractivity contribution in [1.82, 2.24) is 0 Å². The van der Waals surface area contributed by atoms with Crippen molar-refractivity contribution in [2.75, 3.05) is 0 Å². The van der Waals surface area contributed by atoms with E-state index in [1.807, 2.05) is 44.2 Å². The maximum Gasteiger partial charge on any atom is 0.312 e. The lowest BCUT2D eigenvalue weighted by Crippen LogP contribution is -2.74. The smallest absolute Gasteiger partial charge is 0.312 e. The Balaban J connectivity index is 1.44. The van der Waals surface area contributed by atoms with Crippen LogP contribution >= 0.6 is 11.6 Å². The average molecular weight is 437 g/mol. The van der Waals surface area contributed by atoms with Gasteiger partial charge in [0.15, 0.2) is 11.9 Å². The van der Waals surface area contributed by atoms with Gasteiger partial charge in [-0.1, -0.05) is 37.3 Å². The average Bonchev–Trinajstić information content (AvgIpc) is 2.93. The summed E-state index contributed by atoms with van der Waals surface area (Å²) in [6.45, 7) is 5.99. The van der Waals surface area contributed by atoms with Crippen LogP contribution in [0.3, 0.4) is 0 Å². The largest absolute Gasteiger partial charge is 0.433 e. The van der Waals surface area contributed by atoms with Crippen LogP contribution in [0, 0.1) is 17.8 Å². The number of carbonyl (C=O) groups excluding carboxylic acids is 1. The fourth-order valence-corrected chi connectivity index (χ4v) is 6.29. The Morgan fingerprint density at radius 1 is 1.17 bits per heavy atom. The SMILES string of the molecule is C[C@@H]1CCC2C(C)(Cl)C(OC(=O)Cc3ccccc3)OC3O[C@]4(C)CCC1C32OO4. The van der Waals surface area contributed by atoms with Crippen LogP contribution in [0.1, 0.15) is 52.0 Å². The van der Waals surface area contributed by atoms with E-state index in [-0.39, 0.29) is 24.2 Å². The Kier molecular flexibility index (Phi) is 4.95. The minimum absolute atomic E-state index is 0.135. The highest BCUT2D eigenvalue weighted by Gasteiger charge is 2.73. The molecule has 6 nitrogen and oxygen atoms in total. The van der Waals surface area contributed by atoms with Gasteiger partial charge in [-0.25, -0.2) is 9.78 Å². The van der Waals surface area contributed by atoms with Crippen LogP contribution in [0.15, 0.2) is 30.3 Å². The van der Waals surface area contributed by atoms with Crippen molar-refractivity contribution in [1.29, 1.82) is 0 Å². The third-order valence-corrected chi connectivity index (χ3v) is 7.98. The van der Waals surface area contributed by atoms with E-state index in [1.54, 1.807) is 0 Å². The zero-order chi connectivity index (χ0) is 21.1. The molecule has 1 saturated carbocycles. The Morgan fingerprint density at radius 2 is 1.93 bits per heavy atom. The Hall–Kier alpha value is -1.18. The van der Waals surface area contributed by atoms with Gasteiger partial charge >= 0.3 is 5.97 Å². The summed E-state index contributed by atoms with van der Waals surface area (Å²) < 4.78 is 18.3. The van der Waals surface area contributed by atoms with E-state index in [2.05, 4.69) is 6.92 Å². The van der Waals surface area contributed by atoms with Gasteiger partial charge in [-0.2, -0.15) is 0 Å². The number of esters is 1. The van der Waals surface area contributed by atoms with Gasteiger partial charge in [0.05, 0.1) is 6.42 Å². The highest BCUT2D eigenvalue weighted by molar-refractivity contribution is 6.24. The normalized spacial score (nSPS) is 47.3. The Labute approximate surface area is 182 Å². The quantitative estimate of drug-likeness (QED) is 0.399. The maximum absolute atomic E-state index is 12.7. The number of hydrogen-bond acceptors (Lipinski definition) is 6. The van der Waals surface area contributed by atoms with Crippen molar-refractivity contribution >= 4 is 17.6 Å². The third kappa shape index (κ3) is 3.11. The minimum Gasteiger partial charge on any atom is -0.433 e.